The maximum atomic E-state index is 11.1. The molecule has 0 aromatic rings. The molecular weight excluding hydrogens is 182 g/mol. The van der Waals surface area contributed by atoms with Crippen LogP contribution in [0.15, 0.2) is 0 Å². The zero-order valence-electron chi connectivity index (χ0n) is 9.08. The average molecular weight is 201 g/mol. The van der Waals surface area contributed by atoms with Crippen LogP contribution in [0, 0.1) is 0 Å². The summed E-state index contributed by atoms with van der Waals surface area (Å²) in [5.74, 6) is 0. The zero-order valence-corrected chi connectivity index (χ0v) is 9.08. The van der Waals surface area contributed by atoms with Crippen molar-refractivity contribution in [3.05, 3.63) is 0 Å². The summed E-state index contributed by atoms with van der Waals surface area (Å²) in [4.78, 5) is 11.1. The fourth-order valence-corrected chi connectivity index (χ4v) is 1.69. The van der Waals surface area contributed by atoms with Crippen LogP contribution in [0.3, 0.4) is 0 Å². The fraction of sp³-hybridized carbons (Fsp3) is 0.889. The molecule has 82 valence electrons. The van der Waals surface area contributed by atoms with Crippen molar-refractivity contribution in [2.45, 2.75) is 26.3 Å². The van der Waals surface area contributed by atoms with Crippen molar-refractivity contribution in [1.82, 2.24) is 15.3 Å². The molecule has 0 atom stereocenters. The third kappa shape index (κ3) is 2.59. The van der Waals surface area contributed by atoms with Crippen LogP contribution in [-0.2, 0) is 0 Å². The Morgan fingerprint density at radius 1 is 1.36 bits per heavy atom. The van der Waals surface area contributed by atoms with Crippen molar-refractivity contribution in [3.63, 3.8) is 0 Å². The van der Waals surface area contributed by atoms with E-state index in [1.165, 1.54) is 5.01 Å². The Hall–Kier alpha value is -0.810. The maximum Gasteiger partial charge on any atom is 0.422 e. The van der Waals surface area contributed by atoms with Crippen LogP contribution < -0.4 is 5.32 Å². The van der Waals surface area contributed by atoms with E-state index in [1.54, 1.807) is 0 Å². The molecular formula is C9H19N3O2. The number of hydrogen-bond donors (Lipinski definition) is 2. The standard InChI is InChI=1S/C9H19N3O2/c1-9(2,3)12(8(13)14)11-6-4-10-5-7-11/h10H,4-7H2,1-3H3,(H,13,14). The molecule has 0 radical (unpaired) electrons. The van der Waals surface area contributed by atoms with Gasteiger partial charge in [-0.05, 0) is 20.8 Å². The van der Waals surface area contributed by atoms with Gasteiger partial charge in [0.25, 0.3) is 0 Å². The van der Waals surface area contributed by atoms with Crippen LogP contribution in [0.25, 0.3) is 0 Å². The first-order chi connectivity index (χ1) is 6.43. The van der Waals surface area contributed by atoms with Gasteiger partial charge in [-0.3, -0.25) is 0 Å². The number of nitrogens with one attached hydrogen (secondary N) is 1. The molecule has 0 aromatic heterocycles. The summed E-state index contributed by atoms with van der Waals surface area (Å²) in [5.41, 5.74) is -0.372. The number of nitrogens with zero attached hydrogens (tertiary/aromatic N) is 2. The Morgan fingerprint density at radius 2 is 1.86 bits per heavy atom. The third-order valence-corrected chi connectivity index (χ3v) is 2.19. The second-order valence-corrected chi connectivity index (χ2v) is 4.47. The summed E-state index contributed by atoms with van der Waals surface area (Å²) in [6, 6.07) is 0. The molecule has 14 heavy (non-hydrogen) atoms. The van der Waals surface area contributed by atoms with Crippen molar-refractivity contribution in [3.8, 4) is 0 Å². The molecule has 1 fully saturated rings. The van der Waals surface area contributed by atoms with Gasteiger partial charge >= 0.3 is 6.09 Å². The van der Waals surface area contributed by atoms with Gasteiger partial charge in [-0.1, -0.05) is 0 Å². The van der Waals surface area contributed by atoms with E-state index in [0.29, 0.717) is 0 Å². The summed E-state index contributed by atoms with van der Waals surface area (Å²) in [5, 5.41) is 15.6. The third-order valence-electron chi connectivity index (χ3n) is 2.19. The highest BCUT2D eigenvalue weighted by molar-refractivity contribution is 5.65. The minimum atomic E-state index is -0.876. The number of carbonyl (C=O) groups is 1. The van der Waals surface area contributed by atoms with Gasteiger partial charge in [0.15, 0.2) is 0 Å². The van der Waals surface area contributed by atoms with Gasteiger partial charge in [0.2, 0.25) is 0 Å². The monoisotopic (exact) mass is 201 g/mol. The molecule has 0 spiro atoms. The van der Waals surface area contributed by atoms with Gasteiger partial charge in [0.05, 0.1) is 5.54 Å². The fourth-order valence-electron chi connectivity index (χ4n) is 1.69. The van der Waals surface area contributed by atoms with E-state index in [2.05, 4.69) is 5.32 Å². The Kier molecular flexibility index (Phi) is 3.34. The van der Waals surface area contributed by atoms with Crippen molar-refractivity contribution < 1.29 is 9.90 Å². The number of piperazine rings is 1. The number of hydrogen-bond acceptors (Lipinski definition) is 3. The van der Waals surface area contributed by atoms with Gasteiger partial charge in [0, 0.05) is 26.2 Å². The number of rotatable bonds is 1. The van der Waals surface area contributed by atoms with Gasteiger partial charge in [-0.25, -0.2) is 14.8 Å². The molecule has 1 saturated heterocycles. The van der Waals surface area contributed by atoms with Crippen molar-refractivity contribution in [1.29, 1.82) is 0 Å². The second-order valence-electron chi connectivity index (χ2n) is 4.47. The molecule has 1 rings (SSSR count). The Bertz CT molecular complexity index is 207. The minimum Gasteiger partial charge on any atom is -0.464 e. The molecule has 0 saturated carbocycles. The van der Waals surface area contributed by atoms with E-state index in [4.69, 9.17) is 5.11 Å². The first kappa shape index (κ1) is 11.3. The topological polar surface area (TPSA) is 55.8 Å². The van der Waals surface area contributed by atoms with Crippen LogP contribution in [0.2, 0.25) is 0 Å². The number of hydrazine groups is 1. The lowest BCUT2D eigenvalue weighted by Gasteiger charge is -2.43. The van der Waals surface area contributed by atoms with Crippen LogP contribution in [0.4, 0.5) is 4.79 Å². The highest BCUT2D eigenvalue weighted by atomic mass is 16.4. The number of carboxylic acid groups (broad SMARTS) is 1. The molecule has 0 aliphatic carbocycles. The second kappa shape index (κ2) is 4.14. The molecule has 1 aliphatic heterocycles. The minimum absolute atomic E-state index is 0.372. The predicted octanol–water partition coefficient (Wildman–Crippen LogP) is 0.585. The summed E-state index contributed by atoms with van der Waals surface area (Å²) in [7, 11) is 0. The van der Waals surface area contributed by atoms with Crippen LogP contribution in [-0.4, -0.2) is 52.9 Å². The molecule has 1 aliphatic rings. The molecule has 1 amide bonds. The van der Waals surface area contributed by atoms with E-state index in [9.17, 15) is 4.79 Å². The van der Waals surface area contributed by atoms with E-state index < -0.39 is 6.09 Å². The zero-order chi connectivity index (χ0) is 10.8. The summed E-state index contributed by atoms with van der Waals surface area (Å²) < 4.78 is 0. The van der Waals surface area contributed by atoms with Crippen molar-refractivity contribution >= 4 is 6.09 Å². The van der Waals surface area contributed by atoms with E-state index in [0.717, 1.165) is 26.2 Å². The summed E-state index contributed by atoms with van der Waals surface area (Å²) in [6.45, 7) is 8.92. The van der Waals surface area contributed by atoms with Crippen molar-refractivity contribution in [2.75, 3.05) is 26.2 Å². The molecule has 0 bridgehead atoms. The lowest BCUT2D eigenvalue weighted by atomic mass is 10.1. The summed E-state index contributed by atoms with van der Waals surface area (Å²) >= 11 is 0. The van der Waals surface area contributed by atoms with Gasteiger partial charge in [-0.2, -0.15) is 0 Å². The highest BCUT2D eigenvalue weighted by Crippen LogP contribution is 2.16. The summed E-state index contributed by atoms with van der Waals surface area (Å²) in [6.07, 6.45) is -0.876. The van der Waals surface area contributed by atoms with Crippen molar-refractivity contribution in [2.24, 2.45) is 0 Å². The van der Waals surface area contributed by atoms with Gasteiger partial charge in [0.1, 0.15) is 0 Å². The predicted molar refractivity (Wildman–Crippen MR) is 54.1 cm³/mol. The quantitative estimate of drug-likeness (QED) is 0.652. The Morgan fingerprint density at radius 3 is 2.21 bits per heavy atom. The first-order valence-electron chi connectivity index (χ1n) is 4.91. The molecule has 0 aromatic carbocycles. The van der Waals surface area contributed by atoms with Gasteiger partial charge < -0.3 is 10.4 Å². The van der Waals surface area contributed by atoms with E-state index >= 15 is 0 Å². The molecule has 2 N–H and O–H groups in total. The molecule has 1 heterocycles. The molecule has 5 heteroatoms. The highest BCUT2D eigenvalue weighted by Gasteiger charge is 2.32. The maximum absolute atomic E-state index is 11.1. The van der Waals surface area contributed by atoms with Crippen LogP contribution in [0.1, 0.15) is 20.8 Å². The normalized spacial score (nSPS) is 19.4. The lowest BCUT2D eigenvalue weighted by molar-refractivity contribution is -0.0716. The van der Waals surface area contributed by atoms with Crippen LogP contribution in [0.5, 0.6) is 0 Å². The molecule has 5 nitrogen and oxygen atoms in total. The SMILES string of the molecule is CC(C)(C)N(C(=O)O)N1CCNCC1. The van der Waals surface area contributed by atoms with E-state index in [-0.39, 0.29) is 5.54 Å². The van der Waals surface area contributed by atoms with E-state index in [1.807, 2.05) is 25.8 Å². The Labute approximate surface area is 84.6 Å². The Balaban J connectivity index is 2.71. The largest absolute Gasteiger partial charge is 0.464 e. The molecule has 0 unspecified atom stereocenters. The average Bonchev–Trinajstić information content (AvgIpc) is 2.02. The van der Waals surface area contributed by atoms with Gasteiger partial charge in [-0.15, -0.1) is 0 Å². The number of amides is 1. The smallest absolute Gasteiger partial charge is 0.422 e. The van der Waals surface area contributed by atoms with Crippen LogP contribution >= 0.6 is 0 Å². The first-order valence-corrected chi connectivity index (χ1v) is 4.91. The lowest BCUT2D eigenvalue weighted by Crippen LogP contribution is -2.60.